The van der Waals surface area contributed by atoms with Crippen molar-refractivity contribution in [3.05, 3.63) is 36.4 Å². The molecule has 19 heavy (non-hydrogen) atoms. The summed E-state index contributed by atoms with van der Waals surface area (Å²) in [6, 6.07) is 8.54. The Balaban J connectivity index is 0.00000180. The van der Waals surface area contributed by atoms with Crippen molar-refractivity contribution in [2.24, 2.45) is 0 Å². The average Bonchev–Trinajstić information content (AvgIpc) is 2.25. The number of fused-ring (bicyclic) bond motifs is 1. The van der Waals surface area contributed by atoms with E-state index in [-0.39, 0.29) is 39.8 Å². The first-order valence-corrected chi connectivity index (χ1v) is 7.47. The zero-order valence-corrected chi connectivity index (χ0v) is 10.4. The first-order chi connectivity index (χ1) is 8.18. The topological polar surface area (TPSA) is 109 Å². The van der Waals surface area contributed by atoms with Crippen LogP contribution in [-0.4, -0.2) is 55.5 Å². The fourth-order valence-corrected chi connectivity index (χ4v) is 2.43. The third-order valence-corrected chi connectivity index (χ3v) is 3.92. The van der Waals surface area contributed by atoms with Gasteiger partial charge < -0.3 is 0 Å². The molecule has 0 aromatic heterocycles. The van der Waals surface area contributed by atoms with E-state index in [9.17, 15) is 16.8 Å². The molecule has 0 aliphatic rings. The van der Waals surface area contributed by atoms with E-state index >= 15 is 0 Å². The Morgan fingerprint density at radius 2 is 1.47 bits per heavy atom. The normalized spacial score (nSPS) is 12.1. The van der Waals surface area contributed by atoms with Gasteiger partial charge in [-0.15, -0.1) is 0 Å². The van der Waals surface area contributed by atoms with Crippen molar-refractivity contribution in [1.82, 2.24) is 0 Å². The van der Waals surface area contributed by atoms with Crippen molar-refractivity contribution in [3.63, 3.8) is 0 Å². The van der Waals surface area contributed by atoms with E-state index in [1.165, 1.54) is 18.2 Å². The molecule has 97 valence electrons. The van der Waals surface area contributed by atoms with Crippen LogP contribution in [0.1, 0.15) is 0 Å². The van der Waals surface area contributed by atoms with Crippen LogP contribution >= 0.6 is 0 Å². The van der Waals surface area contributed by atoms with Gasteiger partial charge in [0.15, 0.2) is 0 Å². The molecule has 9 heteroatoms. The average molecular weight is 311 g/mol. The van der Waals surface area contributed by atoms with Gasteiger partial charge in [0, 0.05) is 6.07 Å². The summed E-state index contributed by atoms with van der Waals surface area (Å²) in [5, 5.41) is 0.676. The first kappa shape index (κ1) is 16.6. The van der Waals surface area contributed by atoms with E-state index in [0.717, 1.165) is 12.1 Å². The molecule has 0 amide bonds. The zero-order valence-electron chi connectivity index (χ0n) is 8.73. The molecule has 6 nitrogen and oxygen atoms in total. The van der Waals surface area contributed by atoms with Crippen LogP contribution in [0, 0.1) is 6.07 Å². The van der Waals surface area contributed by atoms with Crippen molar-refractivity contribution in [2.45, 2.75) is 9.79 Å². The number of hydrogen-bond acceptors (Lipinski definition) is 4. The van der Waals surface area contributed by atoms with Gasteiger partial charge in [-0.05, 0) is 29.0 Å². The molecule has 0 fully saturated rings. The van der Waals surface area contributed by atoms with E-state index < -0.39 is 25.1 Å². The number of hydrogen-bond donors (Lipinski definition) is 2. The summed E-state index contributed by atoms with van der Waals surface area (Å²) in [6.45, 7) is 0. The van der Waals surface area contributed by atoms with Crippen LogP contribution < -0.4 is 0 Å². The second-order valence-corrected chi connectivity index (χ2v) is 6.33. The Morgan fingerprint density at radius 1 is 0.895 bits per heavy atom. The standard InChI is InChI=1S/C10H7O6S2.Na.H/c11-17(12,13)9-3-1-7-2-4-10(18(14,15)16)6-8(7)5-9;;/h1-5H,(H,11,12,13)(H,14,15,16);;. The van der Waals surface area contributed by atoms with Gasteiger partial charge in [0.2, 0.25) is 0 Å². The molecule has 2 aromatic carbocycles. The second kappa shape index (κ2) is 5.49. The molecule has 0 unspecified atom stereocenters. The summed E-state index contributed by atoms with van der Waals surface area (Å²) in [5.41, 5.74) is 0. The van der Waals surface area contributed by atoms with Crippen LogP contribution in [0.15, 0.2) is 40.1 Å². The molecule has 0 saturated heterocycles. The van der Waals surface area contributed by atoms with Crippen molar-refractivity contribution < 1.29 is 25.9 Å². The van der Waals surface area contributed by atoms with Crippen LogP contribution in [0.2, 0.25) is 0 Å². The van der Waals surface area contributed by atoms with E-state index in [4.69, 9.17) is 9.11 Å². The molecule has 0 aliphatic carbocycles. The maximum absolute atomic E-state index is 10.9. The Bertz CT molecular complexity index is 759. The summed E-state index contributed by atoms with van der Waals surface area (Å²) in [4.78, 5) is -0.846. The fraction of sp³-hybridized carbons (Fsp3) is 0. The van der Waals surface area contributed by atoms with Crippen LogP contribution in [0.3, 0.4) is 0 Å². The van der Waals surface area contributed by atoms with Gasteiger partial charge in [-0.1, -0.05) is 12.1 Å². The van der Waals surface area contributed by atoms with Gasteiger partial charge in [0.05, 0.1) is 4.90 Å². The summed E-state index contributed by atoms with van der Waals surface area (Å²) in [7, 11) is -8.78. The van der Waals surface area contributed by atoms with Crippen molar-refractivity contribution >= 4 is 60.6 Å². The van der Waals surface area contributed by atoms with Crippen molar-refractivity contribution in [1.29, 1.82) is 0 Å². The zero-order chi connectivity index (χ0) is 13.6. The third kappa shape index (κ3) is 3.76. The summed E-state index contributed by atoms with van der Waals surface area (Å²) >= 11 is 0. The maximum atomic E-state index is 10.9. The molecular formula is C10H8NaO6S2. The molecule has 0 heterocycles. The molecule has 0 saturated carbocycles. The molecule has 2 aromatic rings. The monoisotopic (exact) mass is 311 g/mol. The SMILES string of the molecule is O=S(=O)(O)c1[c]c2cc(S(=O)(=O)O)ccc2cc1.[NaH]. The second-order valence-electron chi connectivity index (χ2n) is 3.52. The van der Waals surface area contributed by atoms with E-state index in [1.807, 2.05) is 0 Å². The van der Waals surface area contributed by atoms with E-state index in [1.54, 1.807) is 0 Å². The Kier molecular flexibility index (Phi) is 4.79. The van der Waals surface area contributed by atoms with Gasteiger partial charge in [-0.3, -0.25) is 9.11 Å². The predicted molar refractivity (Wildman–Crippen MR) is 69.6 cm³/mol. The van der Waals surface area contributed by atoms with Gasteiger partial charge in [0.1, 0.15) is 4.90 Å². The fourth-order valence-electron chi connectivity index (χ4n) is 1.44. The van der Waals surface area contributed by atoms with Crippen molar-refractivity contribution in [3.8, 4) is 0 Å². The molecule has 0 atom stereocenters. The predicted octanol–water partition coefficient (Wildman–Crippen LogP) is 0.485. The summed E-state index contributed by atoms with van der Waals surface area (Å²) in [6.07, 6.45) is 0. The van der Waals surface area contributed by atoms with Crippen LogP contribution in [0.5, 0.6) is 0 Å². The third-order valence-electron chi connectivity index (χ3n) is 2.27. The molecule has 2 N–H and O–H groups in total. The summed E-state index contributed by atoms with van der Waals surface area (Å²) in [5.74, 6) is 0. The van der Waals surface area contributed by atoms with Crippen molar-refractivity contribution in [2.75, 3.05) is 0 Å². The van der Waals surface area contributed by atoms with Gasteiger partial charge in [-0.25, -0.2) is 0 Å². The quantitative estimate of drug-likeness (QED) is 0.617. The van der Waals surface area contributed by atoms with E-state index in [2.05, 4.69) is 6.07 Å². The minimum absolute atomic E-state index is 0. The van der Waals surface area contributed by atoms with Crippen LogP contribution in [-0.2, 0) is 20.2 Å². The minimum atomic E-state index is -4.41. The first-order valence-electron chi connectivity index (χ1n) is 4.59. The Morgan fingerprint density at radius 3 is 2.00 bits per heavy atom. The van der Waals surface area contributed by atoms with Gasteiger partial charge in [-0.2, -0.15) is 16.8 Å². The Labute approximate surface area is 132 Å². The molecule has 0 spiro atoms. The Hall–Kier alpha value is -0.480. The molecular weight excluding hydrogens is 303 g/mol. The van der Waals surface area contributed by atoms with Gasteiger partial charge in [0.25, 0.3) is 20.2 Å². The van der Waals surface area contributed by atoms with Crippen LogP contribution in [0.25, 0.3) is 10.8 Å². The van der Waals surface area contributed by atoms with Gasteiger partial charge >= 0.3 is 29.6 Å². The number of benzene rings is 2. The van der Waals surface area contributed by atoms with E-state index in [0.29, 0.717) is 5.39 Å². The molecule has 1 radical (unpaired) electrons. The molecule has 0 bridgehead atoms. The molecule has 0 aliphatic heterocycles. The molecule has 2 rings (SSSR count). The van der Waals surface area contributed by atoms with Crippen LogP contribution in [0.4, 0.5) is 0 Å². The number of rotatable bonds is 2. The summed E-state index contributed by atoms with van der Waals surface area (Å²) < 4.78 is 61.4.